The molecule has 0 spiro atoms. The van der Waals surface area contributed by atoms with Crippen LogP contribution in [0.5, 0.6) is 0 Å². The van der Waals surface area contributed by atoms with E-state index in [0.29, 0.717) is 18.9 Å². The molecule has 0 aliphatic carbocycles. The highest BCUT2D eigenvalue weighted by Gasteiger charge is 2.28. The Morgan fingerprint density at radius 1 is 1.07 bits per heavy atom. The van der Waals surface area contributed by atoms with E-state index in [1.54, 1.807) is 20.3 Å². The van der Waals surface area contributed by atoms with E-state index in [1.165, 1.54) is 6.33 Å². The Hall–Kier alpha value is -3.75. The molecule has 0 N–H and O–H groups in total. The predicted octanol–water partition coefficient (Wildman–Crippen LogP) is 1.38. The van der Waals surface area contributed by atoms with Gasteiger partial charge in [-0.05, 0) is 0 Å². The van der Waals surface area contributed by atoms with E-state index in [-0.39, 0.29) is 12.5 Å². The van der Waals surface area contributed by atoms with Crippen molar-refractivity contribution in [1.29, 1.82) is 0 Å². The molecule has 140 valence electrons. The van der Waals surface area contributed by atoms with Crippen LogP contribution in [-0.2, 0) is 11.8 Å². The Kier molecular flexibility index (Phi) is 3.78. The van der Waals surface area contributed by atoms with Crippen LogP contribution in [0.3, 0.4) is 0 Å². The number of nitrogens with zero attached hydrogens (tertiary/aromatic N) is 8. The molecule has 9 nitrogen and oxygen atoms in total. The van der Waals surface area contributed by atoms with Crippen molar-refractivity contribution in [2.75, 3.05) is 29.4 Å². The zero-order valence-corrected chi connectivity index (χ0v) is 15.3. The van der Waals surface area contributed by atoms with Crippen LogP contribution in [0.2, 0.25) is 0 Å². The molecule has 28 heavy (non-hydrogen) atoms. The molecule has 1 aliphatic heterocycles. The quantitative estimate of drug-likeness (QED) is 0.539. The van der Waals surface area contributed by atoms with Crippen LogP contribution in [-0.4, -0.2) is 54.9 Å². The van der Waals surface area contributed by atoms with Crippen molar-refractivity contribution in [3.05, 3.63) is 55.1 Å². The van der Waals surface area contributed by atoms with Crippen LogP contribution in [0, 0.1) is 0 Å². The van der Waals surface area contributed by atoms with Crippen molar-refractivity contribution in [3.8, 4) is 11.3 Å². The summed E-state index contributed by atoms with van der Waals surface area (Å²) in [7, 11) is 1.84. The monoisotopic (exact) mass is 374 g/mol. The van der Waals surface area contributed by atoms with Crippen LogP contribution in [0.15, 0.2) is 55.1 Å². The molecule has 1 saturated heterocycles. The molecular formula is C19H18N8O. The third kappa shape index (κ3) is 2.77. The van der Waals surface area contributed by atoms with Crippen LogP contribution < -0.4 is 9.80 Å². The largest absolute Gasteiger partial charge is 0.345 e. The summed E-state index contributed by atoms with van der Waals surface area (Å²) in [5, 5.41) is 8.46. The Bertz CT molecular complexity index is 1150. The first-order chi connectivity index (χ1) is 13.7. The maximum atomic E-state index is 12.8. The summed E-state index contributed by atoms with van der Waals surface area (Å²) < 4.78 is 3.38. The fourth-order valence-electron chi connectivity index (χ4n) is 3.47. The molecule has 0 unspecified atom stereocenters. The summed E-state index contributed by atoms with van der Waals surface area (Å²) >= 11 is 0. The van der Waals surface area contributed by atoms with Gasteiger partial charge in [-0.1, -0.05) is 30.3 Å². The molecule has 0 bridgehead atoms. The summed E-state index contributed by atoms with van der Waals surface area (Å²) in [6.45, 7) is 1.50. The van der Waals surface area contributed by atoms with Gasteiger partial charge >= 0.3 is 0 Å². The molecule has 4 heterocycles. The van der Waals surface area contributed by atoms with Crippen LogP contribution >= 0.6 is 0 Å². The average Bonchev–Trinajstić information content (AvgIpc) is 3.36. The third-order valence-electron chi connectivity index (χ3n) is 4.85. The lowest BCUT2D eigenvalue weighted by molar-refractivity contribution is -0.117. The number of piperazine rings is 1. The van der Waals surface area contributed by atoms with Crippen molar-refractivity contribution in [2.45, 2.75) is 0 Å². The average molecular weight is 374 g/mol. The van der Waals surface area contributed by atoms with E-state index in [4.69, 9.17) is 0 Å². The summed E-state index contributed by atoms with van der Waals surface area (Å²) in [4.78, 5) is 25.4. The lowest BCUT2D eigenvalue weighted by Gasteiger charge is -2.34. The SMILES string of the molecule is Cn1cc(N2CCN(c3cc(-c4ccccc4)nc4ncnn34)CC2=O)cn1. The highest BCUT2D eigenvalue weighted by Crippen LogP contribution is 2.25. The van der Waals surface area contributed by atoms with Crippen molar-refractivity contribution in [2.24, 2.45) is 7.05 Å². The number of aromatic nitrogens is 6. The number of carbonyl (C=O) groups is 1. The van der Waals surface area contributed by atoms with Crippen LogP contribution in [0.25, 0.3) is 17.0 Å². The number of amides is 1. The van der Waals surface area contributed by atoms with E-state index in [0.717, 1.165) is 22.8 Å². The molecule has 0 radical (unpaired) electrons. The van der Waals surface area contributed by atoms with Gasteiger partial charge in [-0.25, -0.2) is 4.98 Å². The Balaban J connectivity index is 1.49. The van der Waals surface area contributed by atoms with Crippen molar-refractivity contribution >= 4 is 23.2 Å². The first-order valence-electron chi connectivity index (χ1n) is 8.99. The Morgan fingerprint density at radius 3 is 2.68 bits per heavy atom. The molecule has 1 fully saturated rings. The first kappa shape index (κ1) is 16.4. The van der Waals surface area contributed by atoms with Gasteiger partial charge in [0.15, 0.2) is 0 Å². The molecule has 0 saturated carbocycles. The highest BCUT2D eigenvalue weighted by molar-refractivity contribution is 5.97. The minimum atomic E-state index is 0.0191. The van der Waals surface area contributed by atoms with Gasteiger partial charge < -0.3 is 9.80 Å². The maximum absolute atomic E-state index is 12.8. The van der Waals surface area contributed by atoms with Gasteiger partial charge in [-0.2, -0.15) is 19.7 Å². The second-order valence-electron chi connectivity index (χ2n) is 6.68. The number of fused-ring (bicyclic) bond motifs is 1. The second-order valence-corrected chi connectivity index (χ2v) is 6.68. The fourth-order valence-corrected chi connectivity index (χ4v) is 3.47. The summed E-state index contributed by atoms with van der Waals surface area (Å²) in [5.74, 6) is 1.34. The molecule has 1 amide bonds. The zero-order chi connectivity index (χ0) is 19.1. The molecule has 0 atom stereocenters. The number of carbonyl (C=O) groups excluding carboxylic acids is 1. The lowest BCUT2D eigenvalue weighted by atomic mass is 10.1. The molecular weight excluding hydrogens is 356 g/mol. The first-order valence-corrected chi connectivity index (χ1v) is 8.99. The highest BCUT2D eigenvalue weighted by atomic mass is 16.2. The Labute approximate surface area is 160 Å². The van der Waals surface area contributed by atoms with E-state index in [1.807, 2.05) is 54.5 Å². The summed E-state index contributed by atoms with van der Waals surface area (Å²) in [5.41, 5.74) is 2.62. The summed E-state index contributed by atoms with van der Waals surface area (Å²) in [6.07, 6.45) is 5.04. The molecule has 1 aromatic carbocycles. The molecule has 3 aromatic heterocycles. The van der Waals surface area contributed by atoms with Crippen molar-refractivity contribution < 1.29 is 4.79 Å². The molecule has 4 aromatic rings. The third-order valence-corrected chi connectivity index (χ3v) is 4.85. The number of rotatable bonds is 3. The summed E-state index contributed by atoms with van der Waals surface area (Å²) in [6, 6.07) is 11.9. The van der Waals surface area contributed by atoms with E-state index in [2.05, 4.69) is 20.2 Å². The normalized spacial score (nSPS) is 14.8. The van der Waals surface area contributed by atoms with Crippen LogP contribution in [0.1, 0.15) is 0 Å². The van der Waals surface area contributed by atoms with E-state index < -0.39 is 0 Å². The molecule has 5 rings (SSSR count). The molecule has 9 heteroatoms. The van der Waals surface area contributed by atoms with Crippen molar-refractivity contribution in [1.82, 2.24) is 29.4 Å². The predicted molar refractivity (Wildman–Crippen MR) is 104 cm³/mol. The standard InChI is InChI=1S/C19H18N8O/c1-24-11-15(10-21-24)26-8-7-25(12-18(26)28)17-9-16(14-5-3-2-4-6-14)23-19-20-13-22-27(17)19/h2-6,9-11,13H,7-8,12H2,1H3. The number of aryl methyl sites for hydroxylation is 1. The smallest absolute Gasteiger partial charge is 0.254 e. The number of benzene rings is 1. The minimum Gasteiger partial charge on any atom is -0.345 e. The van der Waals surface area contributed by atoms with Crippen molar-refractivity contribution in [3.63, 3.8) is 0 Å². The van der Waals surface area contributed by atoms with Gasteiger partial charge in [0.05, 0.1) is 24.1 Å². The van der Waals surface area contributed by atoms with E-state index >= 15 is 0 Å². The van der Waals surface area contributed by atoms with Gasteiger partial charge in [0.25, 0.3) is 5.78 Å². The second kappa shape index (κ2) is 6.45. The van der Waals surface area contributed by atoms with Gasteiger partial charge in [0, 0.05) is 38.0 Å². The van der Waals surface area contributed by atoms with Gasteiger partial charge in [-0.15, -0.1) is 0 Å². The number of anilines is 2. The topological polar surface area (TPSA) is 84.5 Å². The molecule has 1 aliphatic rings. The lowest BCUT2D eigenvalue weighted by Crippen LogP contribution is -2.51. The Morgan fingerprint density at radius 2 is 1.93 bits per heavy atom. The number of hydrogen-bond donors (Lipinski definition) is 0. The van der Waals surface area contributed by atoms with E-state index in [9.17, 15) is 4.79 Å². The van der Waals surface area contributed by atoms with Gasteiger partial charge in [0.2, 0.25) is 5.91 Å². The number of hydrogen-bond acceptors (Lipinski definition) is 6. The maximum Gasteiger partial charge on any atom is 0.254 e. The zero-order valence-electron chi connectivity index (χ0n) is 15.3. The minimum absolute atomic E-state index is 0.0191. The fraction of sp³-hybridized carbons (Fsp3) is 0.211. The van der Waals surface area contributed by atoms with Gasteiger partial charge in [0.1, 0.15) is 12.1 Å². The van der Waals surface area contributed by atoms with Gasteiger partial charge in [-0.3, -0.25) is 9.48 Å². The van der Waals surface area contributed by atoms with Crippen LogP contribution in [0.4, 0.5) is 11.5 Å².